The second-order valence-electron chi connectivity index (χ2n) is 6.64. The average Bonchev–Trinajstić information content (AvgIpc) is 2.78. The molecule has 1 atom stereocenters. The highest BCUT2D eigenvalue weighted by Crippen LogP contribution is 2.44. The molecule has 0 aliphatic rings. The third-order valence-corrected chi connectivity index (χ3v) is 5.18. The number of fused-ring (bicyclic) bond motifs is 1. The number of hydrogen-bond acceptors (Lipinski definition) is 3. The standard InChI is InChI=1S/C25H22O3/c1-27-23-17-9-12-19-20(23)13-8-15-21(19)25(26,18-10-4-3-5-11-18)22-14-6-7-16-24(22)28-2/h3-17,26H,1-2H3. The maximum Gasteiger partial charge on any atom is 0.144 e. The molecule has 0 saturated heterocycles. The van der Waals surface area contributed by atoms with E-state index in [9.17, 15) is 5.11 Å². The Balaban J connectivity index is 2.10. The first-order chi connectivity index (χ1) is 13.7. The van der Waals surface area contributed by atoms with Crippen LogP contribution < -0.4 is 9.47 Å². The van der Waals surface area contributed by atoms with E-state index >= 15 is 0 Å². The second-order valence-corrected chi connectivity index (χ2v) is 6.64. The van der Waals surface area contributed by atoms with Gasteiger partial charge in [-0.1, -0.05) is 78.9 Å². The molecule has 3 heteroatoms. The summed E-state index contributed by atoms with van der Waals surface area (Å²) in [5.74, 6) is 1.41. The molecule has 4 rings (SSSR count). The van der Waals surface area contributed by atoms with Crippen molar-refractivity contribution >= 4 is 10.8 Å². The fourth-order valence-electron chi connectivity index (χ4n) is 3.85. The van der Waals surface area contributed by atoms with Gasteiger partial charge in [0.2, 0.25) is 0 Å². The molecule has 3 nitrogen and oxygen atoms in total. The van der Waals surface area contributed by atoms with Gasteiger partial charge in [0.1, 0.15) is 17.1 Å². The summed E-state index contributed by atoms with van der Waals surface area (Å²) in [5, 5.41) is 14.2. The molecule has 0 aliphatic carbocycles. The van der Waals surface area contributed by atoms with Gasteiger partial charge in [-0.25, -0.2) is 0 Å². The van der Waals surface area contributed by atoms with E-state index in [-0.39, 0.29) is 0 Å². The van der Waals surface area contributed by atoms with Crippen molar-refractivity contribution in [3.8, 4) is 11.5 Å². The summed E-state index contributed by atoms with van der Waals surface area (Å²) in [6.07, 6.45) is 0. The SMILES string of the molecule is COc1ccccc1C(O)(c1ccccc1)c1cccc2c(OC)cccc12. The van der Waals surface area contributed by atoms with Gasteiger partial charge in [0.05, 0.1) is 14.2 Å². The van der Waals surface area contributed by atoms with Gasteiger partial charge in [-0.05, 0) is 23.1 Å². The van der Waals surface area contributed by atoms with Crippen LogP contribution in [0.3, 0.4) is 0 Å². The smallest absolute Gasteiger partial charge is 0.144 e. The zero-order valence-electron chi connectivity index (χ0n) is 15.9. The van der Waals surface area contributed by atoms with E-state index in [1.807, 2.05) is 91.0 Å². The Morgan fingerprint density at radius 2 is 1.14 bits per heavy atom. The van der Waals surface area contributed by atoms with E-state index in [0.717, 1.165) is 27.6 Å². The van der Waals surface area contributed by atoms with Crippen molar-refractivity contribution in [2.75, 3.05) is 14.2 Å². The molecule has 0 fully saturated rings. The third kappa shape index (κ3) is 2.81. The van der Waals surface area contributed by atoms with E-state index in [1.165, 1.54) is 0 Å². The predicted molar refractivity (Wildman–Crippen MR) is 112 cm³/mol. The average molecular weight is 370 g/mol. The molecule has 4 aromatic rings. The van der Waals surface area contributed by atoms with Crippen LogP contribution in [-0.4, -0.2) is 19.3 Å². The van der Waals surface area contributed by atoms with Crippen molar-refractivity contribution in [1.29, 1.82) is 0 Å². The summed E-state index contributed by atoms with van der Waals surface area (Å²) >= 11 is 0. The van der Waals surface area contributed by atoms with Crippen LogP contribution >= 0.6 is 0 Å². The summed E-state index contributed by atoms with van der Waals surface area (Å²) in [7, 11) is 3.28. The lowest BCUT2D eigenvalue weighted by molar-refractivity contribution is 0.123. The fraction of sp³-hybridized carbons (Fsp3) is 0.120. The van der Waals surface area contributed by atoms with Gasteiger partial charge in [0.15, 0.2) is 0 Å². The van der Waals surface area contributed by atoms with Crippen molar-refractivity contribution in [2.45, 2.75) is 5.60 Å². The Bertz CT molecular complexity index is 1110. The number of methoxy groups -OCH3 is 2. The third-order valence-electron chi connectivity index (χ3n) is 5.18. The molecule has 1 unspecified atom stereocenters. The Labute approximate surface area is 164 Å². The Hall–Kier alpha value is -3.30. The predicted octanol–water partition coefficient (Wildman–Crippen LogP) is 5.14. The molecule has 0 spiro atoms. The minimum Gasteiger partial charge on any atom is -0.496 e. The van der Waals surface area contributed by atoms with Crippen LogP contribution in [0.15, 0.2) is 91.0 Å². The number of hydrogen-bond donors (Lipinski definition) is 1. The molecule has 0 radical (unpaired) electrons. The van der Waals surface area contributed by atoms with Crippen LogP contribution in [0.1, 0.15) is 16.7 Å². The molecule has 1 N–H and O–H groups in total. The summed E-state index contributed by atoms with van der Waals surface area (Å²) in [6.45, 7) is 0. The highest BCUT2D eigenvalue weighted by atomic mass is 16.5. The lowest BCUT2D eigenvalue weighted by atomic mass is 9.78. The van der Waals surface area contributed by atoms with Crippen molar-refractivity contribution in [1.82, 2.24) is 0 Å². The van der Waals surface area contributed by atoms with Gasteiger partial charge in [0, 0.05) is 16.5 Å². The monoisotopic (exact) mass is 370 g/mol. The molecule has 0 saturated carbocycles. The minimum atomic E-state index is -1.39. The fourth-order valence-corrected chi connectivity index (χ4v) is 3.85. The Morgan fingerprint density at radius 3 is 1.89 bits per heavy atom. The zero-order chi connectivity index (χ0) is 19.6. The first-order valence-corrected chi connectivity index (χ1v) is 9.17. The summed E-state index contributed by atoms with van der Waals surface area (Å²) in [6, 6.07) is 29.1. The van der Waals surface area contributed by atoms with Crippen LogP contribution in [-0.2, 0) is 5.60 Å². The topological polar surface area (TPSA) is 38.7 Å². The largest absolute Gasteiger partial charge is 0.496 e. The van der Waals surface area contributed by atoms with E-state index in [0.29, 0.717) is 11.3 Å². The van der Waals surface area contributed by atoms with E-state index in [2.05, 4.69) is 0 Å². The summed E-state index contributed by atoms with van der Waals surface area (Å²) in [5.41, 5.74) is 0.855. The minimum absolute atomic E-state index is 0.633. The van der Waals surface area contributed by atoms with Crippen LogP contribution in [0.5, 0.6) is 11.5 Å². The van der Waals surface area contributed by atoms with Gasteiger partial charge in [-0.3, -0.25) is 0 Å². The van der Waals surface area contributed by atoms with Crippen molar-refractivity contribution in [2.24, 2.45) is 0 Å². The molecule has 140 valence electrons. The molecule has 0 bridgehead atoms. The summed E-state index contributed by atoms with van der Waals surface area (Å²) < 4.78 is 11.2. The maximum atomic E-state index is 12.3. The van der Waals surface area contributed by atoms with E-state index < -0.39 is 5.60 Å². The molecule has 0 amide bonds. The van der Waals surface area contributed by atoms with Crippen LogP contribution in [0.4, 0.5) is 0 Å². The zero-order valence-corrected chi connectivity index (χ0v) is 15.9. The molecular formula is C25H22O3. The molecule has 0 aromatic heterocycles. The molecule has 4 aromatic carbocycles. The number of ether oxygens (including phenoxy) is 2. The van der Waals surface area contributed by atoms with Gasteiger partial charge in [-0.15, -0.1) is 0 Å². The number of benzene rings is 4. The van der Waals surface area contributed by atoms with Crippen LogP contribution in [0, 0.1) is 0 Å². The van der Waals surface area contributed by atoms with Gasteiger partial charge in [0.25, 0.3) is 0 Å². The second kappa shape index (κ2) is 7.37. The molecule has 28 heavy (non-hydrogen) atoms. The van der Waals surface area contributed by atoms with Crippen molar-refractivity contribution in [3.63, 3.8) is 0 Å². The van der Waals surface area contributed by atoms with Gasteiger partial charge < -0.3 is 14.6 Å². The lowest BCUT2D eigenvalue weighted by Gasteiger charge is -2.32. The van der Waals surface area contributed by atoms with Crippen molar-refractivity contribution < 1.29 is 14.6 Å². The lowest BCUT2D eigenvalue weighted by Crippen LogP contribution is -2.29. The maximum absolute atomic E-state index is 12.3. The Kier molecular flexibility index (Phi) is 4.76. The highest BCUT2D eigenvalue weighted by molar-refractivity contribution is 5.92. The van der Waals surface area contributed by atoms with E-state index in [1.54, 1.807) is 14.2 Å². The van der Waals surface area contributed by atoms with Crippen LogP contribution in [0.25, 0.3) is 10.8 Å². The molecule has 0 heterocycles. The van der Waals surface area contributed by atoms with Crippen LogP contribution in [0.2, 0.25) is 0 Å². The van der Waals surface area contributed by atoms with Crippen molar-refractivity contribution in [3.05, 3.63) is 108 Å². The molecule has 0 aliphatic heterocycles. The molecular weight excluding hydrogens is 348 g/mol. The van der Waals surface area contributed by atoms with Gasteiger partial charge in [-0.2, -0.15) is 0 Å². The van der Waals surface area contributed by atoms with Gasteiger partial charge >= 0.3 is 0 Å². The first-order valence-electron chi connectivity index (χ1n) is 9.17. The highest BCUT2D eigenvalue weighted by Gasteiger charge is 2.37. The first kappa shape index (κ1) is 18.1. The number of para-hydroxylation sites is 1. The summed E-state index contributed by atoms with van der Waals surface area (Å²) in [4.78, 5) is 0. The Morgan fingerprint density at radius 1 is 0.571 bits per heavy atom. The number of rotatable bonds is 5. The van der Waals surface area contributed by atoms with E-state index in [4.69, 9.17) is 9.47 Å². The number of aliphatic hydroxyl groups is 1. The normalized spacial score (nSPS) is 13.1. The quantitative estimate of drug-likeness (QED) is 0.494.